The van der Waals surface area contributed by atoms with Gasteiger partial charge in [0, 0.05) is 45.2 Å². The highest BCUT2D eigenvalue weighted by atomic mass is 35.5. The number of ether oxygens (including phenoxy) is 1. The van der Waals surface area contributed by atoms with Crippen molar-refractivity contribution in [2.24, 2.45) is 0 Å². The second-order valence-corrected chi connectivity index (χ2v) is 7.37. The summed E-state index contributed by atoms with van der Waals surface area (Å²) < 4.78 is 30.3. The molecule has 21 heavy (non-hydrogen) atoms. The molecule has 1 N–H and O–H groups in total. The molecule has 124 valence electrons. The maximum Gasteiger partial charge on any atom is 0.224 e. The molecule has 2 heterocycles. The minimum atomic E-state index is -3.13. The van der Waals surface area contributed by atoms with Gasteiger partial charge in [0.2, 0.25) is 15.9 Å². The molecule has 0 aliphatic carbocycles. The number of hydrogen-bond donors (Lipinski definition) is 1. The number of morpholine rings is 1. The topological polar surface area (TPSA) is 79.0 Å². The second-order valence-electron chi connectivity index (χ2n) is 5.11. The molecule has 2 fully saturated rings. The molecule has 0 radical (unpaired) electrons. The number of nitrogens with one attached hydrogen (secondary N) is 1. The molecule has 2 aliphatic heterocycles. The van der Waals surface area contributed by atoms with Crippen molar-refractivity contribution in [3.8, 4) is 0 Å². The van der Waals surface area contributed by atoms with E-state index < -0.39 is 10.0 Å². The van der Waals surface area contributed by atoms with Crippen molar-refractivity contribution in [3.05, 3.63) is 0 Å². The molecule has 0 aromatic rings. The lowest BCUT2D eigenvalue weighted by atomic mass is 10.1. The molecule has 0 aromatic heterocycles. The third-order valence-electron chi connectivity index (χ3n) is 3.77. The van der Waals surface area contributed by atoms with Gasteiger partial charge in [-0.3, -0.25) is 4.79 Å². The summed E-state index contributed by atoms with van der Waals surface area (Å²) in [5.74, 6) is 0.186. The first-order chi connectivity index (χ1) is 9.53. The standard InChI is InChI=1S/C12H23N3O4S.ClH/c1-2-20(17,18)15-6-4-14(5-7-15)12(16)9-11-10-19-8-3-13-11;/h11,13H,2-10H2,1H3;1H. The van der Waals surface area contributed by atoms with Crippen LogP contribution in [0, 0.1) is 0 Å². The van der Waals surface area contributed by atoms with Crippen LogP contribution in [-0.4, -0.2) is 81.3 Å². The van der Waals surface area contributed by atoms with E-state index in [1.54, 1.807) is 11.8 Å². The van der Waals surface area contributed by atoms with Gasteiger partial charge >= 0.3 is 0 Å². The highest BCUT2D eigenvalue weighted by Crippen LogP contribution is 2.10. The largest absolute Gasteiger partial charge is 0.378 e. The van der Waals surface area contributed by atoms with Crippen molar-refractivity contribution in [2.75, 3.05) is 51.7 Å². The monoisotopic (exact) mass is 341 g/mol. The lowest BCUT2D eigenvalue weighted by Gasteiger charge is -2.35. The quantitative estimate of drug-likeness (QED) is 0.730. The van der Waals surface area contributed by atoms with Gasteiger partial charge in [0.1, 0.15) is 0 Å². The SMILES string of the molecule is CCS(=O)(=O)N1CCN(C(=O)CC2COCCN2)CC1.Cl. The fraction of sp³-hybridized carbons (Fsp3) is 0.917. The van der Waals surface area contributed by atoms with Crippen molar-refractivity contribution < 1.29 is 17.9 Å². The lowest BCUT2D eigenvalue weighted by Crippen LogP contribution is -2.52. The number of rotatable bonds is 4. The van der Waals surface area contributed by atoms with Gasteiger partial charge in [-0.1, -0.05) is 0 Å². The molecule has 7 nitrogen and oxygen atoms in total. The number of nitrogens with zero attached hydrogens (tertiary/aromatic N) is 2. The van der Waals surface area contributed by atoms with Crippen LogP contribution < -0.4 is 5.32 Å². The maximum absolute atomic E-state index is 12.2. The fourth-order valence-electron chi connectivity index (χ4n) is 2.49. The third kappa shape index (κ3) is 5.07. The van der Waals surface area contributed by atoms with Crippen LogP contribution in [0.25, 0.3) is 0 Å². The Morgan fingerprint density at radius 1 is 1.29 bits per heavy atom. The summed E-state index contributed by atoms with van der Waals surface area (Å²) in [6.45, 7) is 5.43. The Morgan fingerprint density at radius 2 is 1.95 bits per heavy atom. The van der Waals surface area contributed by atoms with Crippen LogP contribution >= 0.6 is 12.4 Å². The van der Waals surface area contributed by atoms with Gasteiger partial charge < -0.3 is 15.0 Å². The van der Waals surface area contributed by atoms with E-state index in [2.05, 4.69) is 5.32 Å². The predicted octanol–water partition coefficient (Wildman–Crippen LogP) is -0.719. The first-order valence-electron chi connectivity index (χ1n) is 7.09. The van der Waals surface area contributed by atoms with Crippen LogP contribution in [0.2, 0.25) is 0 Å². The number of halogens is 1. The number of piperazine rings is 1. The van der Waals surface area contributed by atoms with Crippen molar-refractivity contribution in [2.45, 2.75) is 19.4 Å². The van der Waals surface area contributed by atoms with Gasteiger partial charge in [-0.05, 0) is 6.92 Å². The normalized spacial score (nSPS) is 24.4. The van der Waals surface area contributed by atoms with Crippen molar-refractivity contribution in [1.82, 2.24) is 14.5 Å². The first-order valence-corrected chi connectivity index (χ1v) is 8.70. The van der Waals surface area contributed by atoms with E-state index in [0.29, 0.717) is 45.8 Å². The first kappa shape index (κ1) is 18.6. The molecular weight excluding hydrogens is 318 g/mol. The van der Waals surface area contributed by atoms with Crippen molar-refractivity contribution in [3.63, 3.8) is 0 Å². The Hall–Kier alpha value is -0.410. The Labute approximate surface area is 132 Å². The third-order valence-corrected chi connectivity index (χ3v) is 5.65. The van der Waals surface area contributed by atoms with Gasteiger partial charge in [0.15, 0.2) is 0 Å². The number of hydrogen-bond acceptors (Lipinski definition) is 5. The zero-order valence-corrected chi connectivity index (χ0v) is 13.9. The highest BCUT2D eigenvalue weighted by molar-refractivity contribution is 7.89. The van der Waals surface area contributed by atoms with E-state index >= 15 is 0 Å². The number of amides is 1. The van der Waals surface area contributed by atoms with E-state index in [-0.39, 0.29) is 30.1 Å². The lowest BCUT2D eigenvalue weighted by molar-refractivity contribution is -0.133. The summed E-state index contributed by atoms with van der Waals surface area (Å²) in [5.41, 5.74) is 0. The Bertz CT molecular complexity index is 432. The molecule has 9 heteroatoms. The predicted molar refractivity (Wildman–Crippen MR) is 82.1 cm³/mol. The summed E-state index contributed by atoms with van der Waals surface area (Å²) in [6.07, 6.45) is 0.417. The summed E-state index contributed by atoms with van der Waals surface area (Å²) in [7, 11) is -3.13. The van der Waals surface area contributed by atoms with Crippen LogP contribution in [-0.2, 0) is 19.6 Å². The molecular formula is C12H24ClN3O4S. The minimum absolute atomic E-state index is 0. The summed E-state index contributed by atoms with van der Waals surface area (Å²) in [5, 5.41) is 3.25. The maximum atomic E-state index is 12.2. The highest BCUT2D eigenvalue weighted by Gasteiger charge is 2.28. The number of carbonyl (C=O) groups is 1. The number of carbonyl (C=O) groups excluding carboxylic acids is 1. The van der Waals surface area contributed by atoms with Gasteiger partial charge in [-0.25, -0.2) is 8.42 Å². The van der Waals surface area contributed by atoms with E-state index in [1.165, 1.54) is 4.31 Å². The molecule has 0 aromatic carbocycles. The molecule has 0 saturated carbocycles. The van der Waals surface area contributed by atoms with Crippen LogP contribution in [0.5, 0.6) is 0 Å². The van der Waals surface area contributed by atoms with E-state index in [0.717, 1.165) is 6.54 Å². The molecule has 1 unspecified atom stereocenters. The fourth-order valence-corrected chi connectivity index (χ4v) is 3.57. The van der Waals surface area contributed by atoms with Crippen LogP contribution in [0.1, 0.15) is 13.3 Å². The number of sulfonamides is 1. The minimum Gasteiger partial charge on any atom is -0.378 e. The van der Waals surface area contributed by atoms with E-state index in [4.69, 9.17) is 4.74 Å². The van der Waals surface area contributed by atoms with Gasteiger partial charge in [-0.2, -0.15) is 4.31 Å². The molecule has 1 atom stereocenters. The average molecular weight is 342 g/mol. The van der Waals surface area contributed by atoms with Crippen molar-refractivity contribution in [1.29, 1.82) is 0 Å². The molecule has 0 spiro atoms. The summed E-state index contributed by atoms with van der Waals surface area (Å²) in [6, 6.07) is 0.0775. The van der Waals surface area contributed by atoms with Crippen LogP contribution in [0.4, 0.5) is 0 Å². The Balaban J connectivity index is 0.00000220. The molecule has 0 bridgehead atoms. The zero-order chi connectivity index (χ0) is 14.6. The van der Waals surface area contributed by atoms with Gasteiger partial charge in [0.05, 0.1) is 19.0 Å². The summed E-state index contributed by atoms with van der Waals surface area (Å²) >= 11 is 0. The smallest absolute Gasteiger partial charge is 0.224 e. The average Bonchev–Trinajstić information content (AvgIpc) is 2.48. The van der Waals surface area contributed by atoms with Gasteiger partial charge in [0.25, 0.3) is 0 Å². The Morgan fingerprint density at radius 3 is 2.48 bits per heavy atom. The molecule has 2 aliphatic rings. The molecule has 2 rings (SSSR count). The van der Waals surface area contributed by atoms with Crippen LogP contribution in [0.3, 0.4) is 0 Å². The molecule has 1 amide bonds. The second kappa shape index (κ2) is 8.28. The van der Waals surface area contributed by atoms with E-state index in [1.807, 2.05) is 0 Å². The summed E-state index contributed by atoms with van der Waals surface area (Å²) in [4.78, 5) is 13.9. The zero-order valence-electron chi connectivity index (χ0n) is 12.3. The van der Waals surface area contributed by atoms with E-state index in [9.17, 15) is 13.2 Å². The van der Waals surface area contributed by atoms with Gasteiger partial charge in [-0.15, -0.1) is 12.4 Å². The van der Waals surface area contributed by atoms with Crippen LogP contribution in [0.15, 0.2) is 0 Å². The Kier molecular flexibility index (Phi) is 7.35. The molecule has 2 saturated heterocycles. The van der Waals surface area contributed by atoms with Crippen molar-refractivity contribution >= 4 is 28.3 Å².